The lowest BCUT2D eigenvalue weighted by molar-refractivity contribution is -0.135. The molecule has 0 bridgehead atoms. The maximum Gasteiger partial charge on any atom is 0.317 e. The second-order valence-corrected chi connectivity index (χ2v) is 4.33. The predicted molar refractivity (Wildman–Crippen MR) is 68.8 cm³/mol. The number of carbonyl (C=O) groups excluding carboxylic acids is 1. The first kappa shape index (κ1) is 15.2. The van der Waals surface area contributed by atoms with E-state index in [1.807, 2.05) is 0 Å². The van der Waals surface area contributed by atoms with Gasteiger partial charge in [0.25, 0.3) is 0 Å². The quantitative estimate of drug-likeness (QED) is 0.672. The molecule has 0 aliphatic rings. The number of halogens is 1. The number of carbonyl (C=O) groups is 1. The van der Waals surface area contributed by atoms with Crippen molar-refractivity contribution >= 4 is 29.0 Å². The van der Waals surface area contributed by atoms with Gasteiger partial charge < -0.3 is 7.80 Å². The van der Waals surface area contributed by atoms with Gasteiger partial charge in [0.15, 0.2) is 23.0 Å². The molecule has 0 aromatic rings. The highest BCUT2D eigenvalue weighted by Crippen LogP contribution is 2.26. The van der Waals surface area contributed by atoms with Crippen LogP contribution in [0.25, 0.3) is 0 Å². The molecule has 0 N–H and O–H groups in total. The van der Waals surface area contributed by atoms with Gasteiger partial charge in [0.05, 0.1) is 12.5 Å². The van der Waals surface area contributed by atoms with E-state index < -0.39 is 0 Å². The van der Waals surface area contributed by atoms with Gasteiger partial charge in [-0.05, 0) is 11.8 Å². The third kappa shape index (κ3) is 5.15. The lowest BCUT2D eigenvalue weighted by atomic mass is 9.84. The zero-order valence-corrected chi connectivity index (χ0v) is 12.1. The first-order valence-corrected chi connectivity index (χ1v) is 6.32. The summed E-state index contributed by atoms with van der Waals surface area (Å²) >= 11 is 1.62. The van der Waals surface area contributed by atoms with Crippen LogP contribution in [-0.2, 0) is 12.6 Å². The van der Waals surface area contributed by atoms with E-state index >= 15 is 0 Å². The van der Waals surface area contributed by atoms with Gasteiger partial charge in [-0.3, -0.25) is 4.79 Å². The van der Waals surface area contributed by atoms with Crippen molar-refractivity contribution in [2.45, 2.75) is 46.1 Å². The Hall–Kier alpha value is 0.160. The highest BCUT2D eigenvalue weighted by molar-refractivity contribution is 14.1. The standard InChI is InChI=1S/C11H21IO3/c1-5-8(3)9(6-2)10(14-4)7-11(13)15-12/h8-10H,5-7H2,1-4H3/t8-,9-,10+/m0/s1. The van der Waals surface area contributed by atoms with E-state index in [0.29, 0.717) is 18.3 Å². The molecule has 90 valence electrons. The minimum absolute atomic E-state index is 0.0211. The van der Waals surface area contributed by atoms with Crippen LogP contribution in [0.2, 0.25) is 0 Å². The fourth-order valence-corrected chi connectivity index (χ4v) is 2.12. The van der Waals surface area contributed by atoms with Gasteiger partial charge in [0.2, 0.25) is 0 Å². The van der Waals surface area contributed by atoms with E-state index in [2.05, 4.69) is 23.8 Å². The van der Waals surface area contributed by atoms with Crippen molar-refractivity contribution in [3.63, 3.8) is 0 Å². The molecule has 4 heteroatoms. The van der Waals surface area contributed by atoms with E-state index in [1.165, 1.54) is 0 Å². The molecule has 3 atom stereocenters. The van der Waals surface area contributed by atoms with E-state index in [9.17, 15) is 4.79 Å². The molecule has 0 fully saturated rings. The number of hydrogen-bond donors (Lipinski definition) is 0. The molecular formula is C11H21IO3. The second kappa shape index (κ2) is 8.33. The fraction of sp³-hybridized carbons (Fsp3) is 0.909. The molecule has 0 aliphatic carbocycles. The molecule has 0 unspecified atom stereocenters. The van der Waals surface area contributed by atoms with Gasteiger partial charge >= 0.3 is 5.97 Å². The van der Waals surface area contributed by atoms with Gasteiger partial charge in [-0.1, -0.05) is 33.6 Å². The van der Waals surface area contributed by atoms with Gasteiger partial charge in [0, 0.05) is 7.11 Å². The monoisotopic (exact) mass is 328 g/mol. The molecule has 0 saturated carbocycles. The molecule has 0 aromatic carbocycles. The van der Waals surface area contributed by atoms with Crippen LogP contribution in [0.15, 0.2) is 0 Å². The molecule has 15 heavy (non-hydrogen) atoms. The van der Waals surface area contributed by atoms with Gasteiger partial charge in [-0.25, -0.2) is 0 Å². The Labute approximate surface area is 107 Å². The lowest BCUT2D eigenvalue weighted by Crippen LogP contribution is -2.30. The zero-order chi connectivity index (χ0) is 11.8. The van der Waals surface area contributed by atoms with Gasteiger partial charge in [0.1, 0.15) is 0 Å². The Kier molecular flexibility index (Phi) is 8.42. The molecule has 0 radical (unpaired) electrons. The van der Waals surface area contributed by atoms with Crippen molar-refractivity contribution in [3.05, 3.63) is 0 Å². The SMILES string of the molecule is CC[C@@H]([C@@H](C)CC)[C@@H](CC(=O)OI)OC. The molecule has 0 aliphatic heterocycles. The van der Waals surface area contributed by atoms with E-state index in [0.717, 1.165) is 12.8 Å². The van der Waals surface area contributed by atoms with Crippen molar-refractivity contribution in [1.29, 1.82) is 0 Å². The van der Waals surface area contributed by atoms with E-state index in [-0.39, 0.29) is 12.1 Å². The van der Waals surface area contributed by atoms with Crippen molar-refractivity contribution in [1.82, 2.24) is 0 Å². The summed E-state index contributed by atoms with van der Waals surface area (Å²) in [7, 11) is 1.66. The molecule has 0 aromatic heterocycles. The highest BCUT2D eigenvalue weighted by Gasteiger charge is 2.26. The minimum Gasteiger partial charge on any atom is -0.394 e. The topological polar surface area (TPSA) is 35.5 Å². The maximum atomic E-state index is 11.2. The summed E-state index contributed by atoms with van der Waals surface area (Å²) in [5.74, 6) is 0.793. The van der Waals surface area contributed by atoms with Crippen LogP contribution >= 0.6 is 23.0 Å². The normalized spacial score (nSPS) is 16.9. The van der Waals surface area contributed by atoms with Crippen LogP contribution < -0.4 is 0 Å². The smallest absolute Gasteiger partial charge is 0.317 e. The Morgan fingerprint density at radius 1 is 1.33 bits per heavy atom. The number of methoxy groups -OCH3 is 1. The molecule has 0 saturated heterocycles. The first-order valence-electron chi connectivity index (χ1n) is 5.44. The largest absolute Gasteiger partial charge is 0.394 e. The number of rotatable bonds is 7. The molecule has 0 amide bonds. The summed E-state index contributed by atoms with van der Waals surface area (Å²) in [6, 6.07) is 0. The van der Waals surface area contributed by atoms with Crippen molar-refractivity contribution in [2.24, 2.45) is 11.8 Å². The van der Waals surface area contributed by atoms with Crippen LogP contribution in [0.5, 0.6) is 0 Å². The molecule has 0 rings (SSSR count). The molecule has 0 spiro atoms. The Morgan fingerprint density at radius 3 is 2.27 bits per heavy atom. The van der Waals surface area contributed by atoms with Gasteiger partial charge in [-0.15, -0.1) is 0 Å². The first-order chi connectivity index (χ1) is 7.10. The van der Waals surface area contributed by atoms with E-state index in [4.69, 9.17) is 4.74 Å². The Bertz CT molecular complexity index is 185. The maximum absolute atomic E-state index is 11.2. The molecular weight excluding hydrogens is 307 g/mol. The zero-order valence-electron chi connectivity index (χ0n) is 9.96. The van der Waals surface area contributed by atoms with Crippen LogP contribution in [0.1, 0.15) is 40.0 Å². The summed E-state index contributed by atoms with van der Waals surface area (Å²) in [4.78, 5) is 11.2. The Balaban J connectivity index is 4.39. The van der Waals surface area contributed by atoms with Gasteiger partial charge in [-0.2, -0.15) is 0 Å². The van der Waals surface area contributed by atoms with Crippen LogP contribution in [0.4, 0.5) is 0 Å². The van der Waals surface area contributed by atoms with Crippen LogP contribution in [0, 0.1) is 11.8 Å². The summed E-state index contributed by atoms with van der Waals surface area (Å²) < 4.78 is 10.0. The highest BCUT2D eigenvalue weighted by atomic mass is 127. The summed E-state index contributed by atoms with van der Waals surface area (Å²) in [6.45, 7) is 6.50. The van der Waals surface area contributed by atoms with Crippen LogP contribution in [0.3, 0.4) is 0 Å². The average molecular weight is 328 g/mol. The molecule has 3 nitrogen and oxygen atoms in total. The minimum atomic E-state index is -0.204. The summed E-state index contributed by atoms with van der Waals surface area (Å²) in [5, 5.41) is 0. The third-order valence-corrected chi connectivity index (χ3v) is 3.57. The number of hydrogen-bond acceptors (Lipinski definition) is 3. The van der Waals surface area contributed by atoms with Crippen molar-refractivity contribution < 1.29 is 12.6 Å². The molecule has 0 heterocycles. The summed E-state index contributed by atoms with van der Waals surface area (Å²) in [6.07, 6.45) is 2.47. The number of ether oxygens (including phenoxy) is 1. The van der Waals surface area contributed by atoms with Crippen molar-refractivity contribution in [2.75, 3.05) is 7.11 Å². The van der Waals surface area contributed by atoms with E-state index in [1.54, 1.807) is 30.1 Å². The average Bonchev–Trinajstić information content (AvgIpc) is 2.27. The Morgan fingerprint density at radius 2 is 1.93 bits per heavy atom. The lowest BCUT2D eigenvalue weighted by Gasteiger charge is -2.28. The fourth-order valence-electron chi connectivity index (χ4n) is 1.94. The van der Waals surface area contributed by atoms with Crippen LogP contribution in [-0.4, -0.2) is 19.2 Å². The summed E-state index contributed by atoms with van der Waals surface area (Å²) in [5.41, 5.74) is 0. The predicted octanol–water partition coefficient (Wildman–Crippen LogP) is 3.36. The van der Waals surface area contributed by atoms with Crippen molar-refractivity contribution in [3.8, 4) is 0 Å². The third-order valence-electron chi connectivity index (χ3n) is 3.08. The second-order valence-electron chi connectivity index (χ2n) is 3.89.